The highest BCUT2D eigenvalue weighted by atomic mass is 19.1. The van der Waals surface area contributed by atoms with Gasteiger partial charge in [-0.15, -0.1) is 0 Å². The van der Waals surface area contributed by atoms with Gasteiger partial charge in [0.2, 0.25) is 0 Å². The van der Waals surface area contributed by atoms with E-state index in [1.807, 2.05) is 13.8 Å². The van der Waals surface area contributed by atoms with E-state index in [4.69, 9.17) is 4.74 Å². The fourth-order valence-corrected chi connectivity index (χ4v) is 2.55. The molecule has 6 nitrogen and oxygen atoms in total. The maximum atomic E-state index is 12.8. The SMILES string of the molecule is CCN(CC)C(=O)c1ccc(NC(=O)COC(=O)Cc2ccc(F)cc2)cc1. The first-order chi connectivity index (χ1) is 13.4. The molecule has 0 unspecified atom stereocenters. The summed E-state index contributed by atoms with van der Waals surface area (Å²) < 4.78 is 17.8. The van der Waals surface area contributed by atoms with Crippen LogP contribution in [0.2, 0.25) is 0 Å². The predicted octanol–water partition coefficient (Wildman–Crippen LogP) is 3.03. The summed E-state index contributed by atoms with van der Waals surface area (Å²) in [5.41, 5.74) is 1.63. The Morgan fingerprint density at radius 2 is 1.57 bits per heavy atom. The van der Waals surface area contributed by atoms with Gasteiger partial charge >= 0.3 is 5.97 Å². The molecule has 2 amide bonds. The molecule has 0 saturated heterocycles. The van der Waals surface area contributed by atoms with E-state index in [2.05, 4.69) is 5.32 Å². The molecule has 148 valence electrons. The van der Waals surface area contributed by atoms with Gasteiger partial charge in [0.25, 0.3) is 11.8 Å². The summed E-state index contributed by atoms with van der Waals surface area (Å²) in [7, 11) is 0. The molecule has 2 aromatic rings. The van der Waals surface area contributed by atoms with Crippen LogP contribution in [0.5, 0.6) is 0 Å². The minimum absolute atomic E-state index is 0.0459. The molecule has 0 aliphatic carbocycles. The molecule has 0 bridgehead atoms. The molecule has 0 aromatic heterocycles. The van der Waals surface area contributed by atoms with E-state index in [0.717, 1.165) is 0 Å². The van der Waals surface area contributed by atoms with Crippen LogP contribution in [0, 0.1) is 5.82 Å². The van der Waals surface area contributed by atoms with Gasteiger partial charge in [-0.3, -0.25) is 14.4 Å². The average molecular weight is 386 g/mol. The van der Waals surface area contributed by atoms with Crippen LogP contribution in [0.4, 0.5) is 10.1 Å². The average Bonchev–Trinajstić information content (AvgIpc) is 2.69. The van der Waals surface area contributed by atoms with E-state index in [1.54, 1.807) is 29.2 Å². The van der Waals surface area contributed by atoms with Crippen molar-refractivity contribution in [1.82, 2.24) is 4.90 Å². The molecule has 2 rings (SSSR count). The normalized spacial score (nSPS) is 10.2. The van der Waals surface area contributed by atoms with E-state index < -0.39 is 18.5 Å². The third-order valence-electron chi connectivity index (χ3n) is 4.09. The van der Waals surface area contributed by atoms with Gasteiger partial charge in [-0.1, -0.05) is 12.1 Å². The first-order valence-corrected chi connectivity index (χ1v) is 9.02. The van der Waals surface area contributed by atoms with E-state index in [9.17, 15) is 18.8 Å². The molecule has 7 heteroatoms. The van der Waals surface area contributed by atoms with Crippen LogP contribution >= 0.6 is 0 Å². The Kier molecular flexibility index (Phi) is 7.68. The van der Waals surface area contributed by atoms with E-state index in [-0.39, 0.29) is 18.1 Å². The molecule has 28 heavy (non-hydrogen) atoms. The number of esters is 1. The molecule has 0 aliphatic rings. The van der Waals surface area contributed by atoms with Crippen molar-refractivity contribution in [3.63, 3.8) is 0 Å². The third-order valence-corrected chi connectivity index (χ3v) is 4.09. The Labute approximate surface area is 163 Å². The highest BCUT2D eigenvalue weighted by Gasteiger charge is 2.13. The lowest BCUT2D eigenvalue weighted by atomic mass is 10.1. The summed E-state index contributed by atoms with van der Waals surface area (Å²) in [6, 6.07) is 12.0. The number of amides is 2. The second-order valence-electron chi connectivity index (χ2n) is 6.07. The summed E-state index contributed by atoms with van der Waals surface area (Å²) in [6.45, 7) is 4.63. The zero-order valence-corrected chi connectivity index (χ0v) is 15.9. The highest BCUT2D eigenvalue weighted by molar-refractivity contribution is 5.96. The van der Waals surface area contributed by atoms with Crippen molar-refractivity contribution in [3.05, 3.63) is 65.5 Å². The number of nitrogens with one attached hydrogen (secondary N) is 1. The smallest absolute Gasteiger partial charge is 0.310 e. The molecule has 0 spiro atoms. The molecule has 0 atom stereocenters. The maximum absolute atomic E-state index is 12.8. The fraction of sp³-hybridized carbons (Fsp3) is 0.286. The van der Waals surface area contributed by atoms with Gasteiger partial charge in [0.1, 0.15) is 5.82 Å². The first kappa shape index (κ1) is 21.1. The minimum Gasteiger partial charge on any atom is -0.455 e. The number of hydrogen-bond acceptors (Lipinski definition) is 4. The van der Waals surface area contributed by atoms with Crippen LogP contribution in [0.15, 0.2) is 48.5 Å². The van der Waals surface area contributed by atoms with Crippen LogP contribution in [0.1, 0.15) is 29.8 Å². The van der Waals surface area contributed by atoms with Gasteiger partial charge in [0.15, 0.2) is 6.61 Å². The van der Waals surface area contributed by atoms with Crippen molar-refractivity contribution in [2.45, 2.75) is 20.3 Å². The topological polar surface area (TPSA) is 75.7 Å². The highest BCUT2D eigenvalue weighted by Crippen LogP contribution is 2.12. The number of ether oxygens (including phenoxy) is 1. The van der Waals surface area contributed by atoms with E-state index in [0.29, 0.717) is 29.9 Å². The summed E-state index contributed by atoms with van der Waals surface area (Å²) in [5.74, 6) is -1.53. The van der Waals surface area contributed by atoms with Crippen LogP contribution in [-0.2, 0) is 20.7 Å². The fourth-order valence-electron chi connectivity index (χ4n) is 2.55. The minimum atomic E-state index is -0.582. The number of rotatable bonds is 8. The first-order valence-electron chi connectivity index (χ1n) is 9.02. The zero-order valence-electron chi connectivity index (χ0n) is 15.9. The molecule has 2 aromatic carbocycles. The number of benzene rings is 2. The van der Waals surface area contributed by atoms with Crippen molar-refractivity contribution in [3.8, 4) is 0 Å². The summed E-state index contributed by atoms with van der Waals surface area (Å²) in [5, 5.41) is 2.60. The van der Waals surface area contributed by atoms with Gasteiger partial charge in [-0.2, -0.15) is 0 Å². The summed E-state index contributed by atoms with van der Waals surface area (Å²) >= 11 is 0. The van der Waals surface area contributed by atoms with Crippen molar-refractivity contribution in [2.75, 3.05) is 25.0 Å². The van der Waals surface area contributed by atoms with Crippen LogP contribution in [0.25, 0.3) is 0 Å². The van der Waals surface area contributed by atoms with Gasteiger partial charge in [-0.05, 0) is 55.8 Å². The van der Waals surface area contributed by atoms with Gasteiger partial charge < -0.3 is 15.0 Å². The van der Waals surface area contributed by atoms with Crippen molar-refractivity contribution in [2.24, 2.45) is 0 Å². The molecule has 0 saturated carbocycles. The zero-order chi connectivity index (χ0) is 20.5. The van der Waals surface area contributed by atoms with Crippen LogP contribution in [-0.4, -0.2) is 42.4 Å². The molecule has 0 fully saturated rings. The number of carbonyl (C=O) groups excluding carboxylic acids is 3. The van der Waals surface area contributed by atoms with Crippen LogP contribution < -0.4 is 5.32 Å². The second kappa shape index (κ2) is 10.2. The number of nitrogens with zero attached hydrogens (tertiary/aromatic N) is 1. The predicted molar refractivity (Wildman–Crippen MR) is 103 cm³/mol. The Bertz CT molecular complexity index is 815. The van der Waals surface area contributed by atoms with E-state index in [1.165, 1.54) is 24.3 Å². The Hall–Kier alpha value is -3.22. The summed E-state index contributed by atoms with van der Waals surface area (Å²) in [6.07, 6.45) is -0.0459. The lowest BCUT2D eigenvalue weighted by Gasteiger charge is -2.18. The molecule has 0 aliphatic heterocycles. The molecular weight excluding hydrogens is 363 g/mol. The third kappa shape index (κ3) is 6.19. The lowest BCUT2D eigenvalue weighted by molar-refractivity contribution is -0.146. The monoisotopic (exact) mass is 386 g/mol. The number of anilines is 1. The largest absolute Gasteiger partial charge is 0.455 e. The van der Waals surface area contributed by atoms with E-state index >= 15 is 0 Å². The Morgan fingerprint density at radius 3 is 2.14 bits per heavy atom. The molecule has 0 radical (unpaired) electrons. The van der Waals surface area contributed by atoms with Gasteiger partial charge in [0, 0.05) is 24.3 Å². The van der Waals surface area contributed by atoms with Gasteiger partial charge in [0.05, 0.1) is 6.42 Å². The maximum Gasteiger partial charge on any atom is 0.310 e. The molecular formula is C21H23FN2O4. The lowest BCUT2D eigenvalue weighted by Crippen LogP contribution is -2.30. The summed E-state index contributed by atoms with van der Waals surface area (Å²) in [4.78, 5) is 37.6. The van der Waals surface area contributed by atoms with Crippen molar-refractivity contribution in [1.29, 1.82) is 0 Å². The number of hydrogen-bond donors (Lipinski definition) is 1. The second-order valence-corrected chi connectivity index (χ2v) is 6.07. The number of carbonyl (C=O) groups is 3. The standard InChI is InChI=1S/C21H23FN2O4/c1-3-24(4-2)21(27)16-7-11-18(12-8-16)23-19(25)14-28-20(26)13-15-5-9-17(22)10-6-15/h5-12H,3-4,13-14H2,1-2H3,(H,23,25). The molecule has 1 N–H and O–H groups in total. The van der Waals surface area contributed by atoms with Crippen molar-refractivity contribution < 1.29 is 23.5 Å². The quantitative estimate of drug-likeness (QED) is 0.708. The molecule has 0 heterocycles. The number of halogens is 1. The Balaban J connectivity index is 1.81. The van der Waals surface area contributed by atoms with Crippen molar-refractivity contribution >= 4 is 23.5 Å². The Morgan fingerprint density at radius 1 is 0.964 bits per heavy atom. The van der Waals surface area contributed by atoms with Crippen LogP contribution in [0.3, 0.4) is 0 Å². The van der Waals surface area contributed by atoms with Gasteiger partial charge in [-0.25, -0.2) is 4.39 Å².